The largest absolute Gasteiger partial charge is 0.207 e. The molecular formula is C7H5FI. The molecule has 0 heterocycles. The van der Waals surface area contributed by atoms with Crippen LogP contribution in [-0.2, 0) is 0 Å². The molecule has 0 unspecified atom stereocenters. The lowest BCUT2D eigenvalue weighted by Crippen LogP contribution is -1.78. The van der Waals surface area contributed by atoms with Crippen LogP contribution in [0.4, 0.5) is 4.39 Å². The van der Waals surface area contributed by atoms with E-state index in [2.05, 4.69) is 29.5 Å². The van der Waals surface area contributed by atoms with Crippen molar-refractivity contribution in [2.45, 2.75) is 0 Å². The van der Waals surface area contributed by atoms with Crippen LogP contribution < -0.4 is 0 Å². The monoisotopic (exact) mass is 235 g/mol. The van der Waals surface area contributed by atoms with Crippen LogP contribution in [-0.4, -0.2) is 0 Å². The van der Waals surface area contributed by atoms with Gasteiger partial charge in [0.2, 0.25) is 0 Å². The molecular weight excluding hydrogens is 230 g/mol. The molecule has 1 aromatic carbocycles. The summed E-state index contributed by atoms with van der Waals surface area (Å²) in [6.07, 6.45) is 0. The van der Waals surface area contributed by atoms with Crippen molar-refractivity contribution in [2.75, 3.05) is 0 Å². The summed E-state index contributed by atoms with van der Waals surface area (Å²) in [6.45, 7) is 3.60. The highest BCUT2D eigenvalue weighted by Crippen LogP contribution is 2.09. The molecule has 0 aliphatic rings. The fourth-order valence-electron chi connectivity index (χ4n) is 0.611. The zero-order valence-electron chi connectivity index (χ0n) is 4.70. The predicted octanol–water partition coefficient (Wildman–Crippen LogP) is 2.61. The van der Waals surface area contributed by atoms with E-state index in [0.29, 0.717) is 0 Å². The normalized spacial score (nSPS) is 9.67. The molecule has 0 bridgehead atoms. The topological polar surface area (TPSA) is 0 Å². The van der Waals surface area contributed by atoms with E-state index in [1.54, 1.807) is 0 Å². The van der Waals surface area contributed by atoms with Crippen LogP contribution in [0.1, 0.15) is 5.56 Å². The standard InChI is InChI=1S/C7H5FI/c1-5-2-6(8)4-7(9)3-5/h2-4H,1H2. The molecule has 0 atom stereocenters. The maximum Gasteiger partial charge on any atom is 0.124 e. The smallest absolute Gasteiger partial charge is 0.124 e. The lowest BCUT2D eigenvalue weighted by atomic mass is 10.2. The van der Waals surface area contributed by atoms with Gasteiger partial charge in [0.25, 0.3) is 0 Å². The molecule has 1 radical (unpaired) electrons. The minimum absolute atomic E-state index is 0.216. The van der Waals surface area contributed by atoms with Gasteiger partial charge in [0.1, 0.15) is 5.82 Å². The van der Waals surface area contributed by atoms with Crippen molar-refractivity contribution in [2.24, 2.45) is 0 Å². The highest BCUT2D eigenvalue weighted by Gasteiger charge is 1.92. The van der Waals surface area contributed by atoms with E-state index < -0.39 is 0 Å². The Bertz CT molecular complexity index is 170. The zero-order chi connectivity index (χ0) is 6.85. The van der Waals surface area contributed by atoms with Gasteiger partial charge in [-0.25, -0.2) is 4.39 Å². The van der Waals surface area contributed by atoms with Crippen molar-refractivity contribution in [3.8, 4) is 0 Å². The maximum absolute atomic E-state index is 12.4. The molecule has 0 fully saturated rings. The number of hydrogen-bond donors (Lipinski definition) is 0. The number of rotatable bonds is 0. The molecule has 0 N–H and O–H groups in total. The first-order valence-electron chi connectivity index (χ1n) is 2.46. The summed E-state index contributed by atoms with van der Waals surface area (Å²) >= 11 is 2.05. The Balaban J connectivity index is 3.17. The van der Waals surface area contributed by atoms with Crippen molar-refractivity contribution in [1.82, 2.24) is 0 Å². The van der Waals surface area contributed by atoms with Gasteiger partial charge >= 0.3 is 0 Å². The summed E-state index contributed by atoms with van der Waals surface area (Å²) in [5.41, 5.74) is 0.722. The third-order valence-corrected chi connectivity index (χ3v) is 1.55. The van der Waals surface area contributed by atoms with Crippen molar-refractivity contribution in [3.63, 3.8) is 0 Å². The predicted molar refractivity (Wildman–Crippen MR) is 43.6 cm³/mol. The minimum Gasteiger partial charge on any atom is -0.207 e. The van der Waals surface area contributed by atoms with Crippen LogP contribution in [0.5, 0.6) is 0 Å². The van der Waals surface area contributed by atoms with E-state index in [1.165, 1.54) is 12.1 Å². The second kappa shape index (κ2) is 2.64. The van der Waals surface area contributed by atoms with E-state index in [0.717, 1.165) is 9.13 Å². The Morgan fingerprint density at radius 1 is 1.33 bits per heavy atom. The Hall–Kier alpha value is -0.120. The van der Waals surface area contributed by atoms with Gasteiger partial charge in [-0.05, 0) is 53.3 Å². The Kier molecular flexibility index (Phi) is 2.05. The van der Waals surface area contributed by atoms with Gasteiger partial charge in [-0.2, -0.15) is 0 Å². The number of halogens is 2. The van der Waals surface area contributed by atoms with Gasteiger partial charge in [0, 0.05) is 3.57 Å². The summed E-state index contributed by atoms with van der Waals surface area (Å²) in [5, 5.41) is 0. The lowest BCUT2D eigenvalue weighted by Gasteiger charge is -1.92. The molecule has 0 saturated carbocycles. The Morgan fingerprint density at radius 2 is 2.00 bits per heavy atom. The molecule has 0 spiro atoms. The van der Waals surface area contributed by atoms with Crippen LogP contribution >= 0.6 is 22.6 Å². The van der Waals surface area contributed by atoms with Crippen molar-refractivity contribution >= 4 is 22.6 Å². The summed E-state index contributed by atoms with van der Waals surface area (Å²) in [4.78, 5) is 0. The average Bonchev–Trinajstić information content (AvgIpc) is 1.59. The lowest BCUT2D eigenvalue weighted by molar-refractivity contribution is 0.626. The third-order valence-electron chi connectivity index (χ3n) is 0.922. The van der Waals surface area contributed by atoms with Crippen LogP contribution in [0, 0.1) is 16.3 Å². The van der Waals surface area contributed by atoms with E-state index >= 15 is 0 Å². The van der Waals surface area contributed by atoms with Gasteiger partial charge in [0.15, 0.2) is 0 Å². The van der Waals surface area contributed by atoms with E-state index in [-0.39, 0.29) is 5.82 Å². The zero-order valence-corrected chi connectivity index (χ0v) is 6.85. The Morgan fingerprint density at radius 3 is 2.44 bits per heavy atom. The first kappa shape index (κ1) is 6.99. The first-order chi connectivity index (χ1) is 4.18. The first-order valence-corrected chi connectivity index (χ1v) is 3.54. The molecule has 1 rings (SSSR count). The second-order valence-electron chi connectivity index (χ2n) is 1.78. The van der Waals surface area contributed by atoms with Crippen LogP contribution in [0.3, 0.4) is 0 Å². The molecule has 0 aliphatic carbocycles. The molecule has 0 amide bonds. The summed E-state index contributed by atoms with van der Waals surface area (Å²) < 4.78 is 13.3. The van der Waals surface area contributed by atoms with Crippen molar-refractivity contribution in [3.05, 3.63) is 40.1 Å². The van der Waals surface area contributed by atoms with Crippen molar-refractivity contribution in [1.29, 1.82) is 0 Å². The van der Waals surface area contributed by atoms with Gasteiger partial charge in [-0.3, -0.25) is 0 Å². The summed E-state index contributed by atoms with van der Waals surface area (Å²) in [6, 6.07) is 4.70. The van der Waals surface area contributed by atoms with E-state index in [1.807, 2.05) is 6.07 Å². The molecule has 2 heteroatoms. The fraction of sp³-hybridized carbons (Fsp3) is 0. The minimum atomic E-state index is -0.216. The Labute approximate surface area is 67.2 Å². The van der Waals surface area contributed by atoms with Crippen LogP contribution in [0.25, 0.3) is 0 Å². The van der Waals surface area contributed by atoms with Gasteiger partial charge in [-0.15, -0.1) is 0 Å². The van der Waals surface area contributed by atoms with E-state index in [4.69, 9.17) is 0 Å². The molecule has 0 nitrogen and oxygen atoms in total. The average molecular weight is 235 g/mol. The number of hydrogen-bond acceptors (Lipinski definition) is 0. The molecule has 1 aromatic rings. The quantitative estimate of drug-likeness (QED) is 0.606. The maximum atomic E-state index is 12.4. The molecule has 0 aromatic heterocycles. The molecule has 9 heavy (non-hydrogen) atoms. The van der Waals surface area contributed by atoms with Crippen LogP contribution in [0.15, 0.2) is 18.2 Å². The highest BCUT2D eigenvalue weighted by atomic mass is 127. The molecule has 0 saturated heterocycles. The SMILES string of the molecule is [CH2]c1cc(F)cc(I)c1. The third kappa shape index (κ3) is 1.93. The van der Waals surface area contributed by atoms with Crippen LogP contribution in [0.2, 0.25) is 0 Å². The highest BCUT2D eigenvalue weighted by molar-refractivity contribution is 14.1. The van der Waals surface area contributed by atoms with Crippen molar-refractivity contribution < 1.29 is 4.39 Å². The molecule has 47 valence electrons. The van der Waals surface area contributed by atoms with Gasteiger partial charge in [-0.1, -0.05) is 0 Å². The molecule has 0 aliphatic heterocycles. The fourth-order valence-corrected chi connectivity index (χ4v) is 1.31. The van der Waals surface area contributed by atoms with Gasteiger partial charge < -0.3 is 0 Å². The second-order valence-corrected chi connectivity index (χ2v) is 3.02. The number of benzene rings is 1. The van der Waals surface area contributed by atoms with E-state index in [9.17, 15) is 4.39 Å². The summed E-state index contributed by atoms with van der Waals surface area (Å²) in [5.74, 6) is -0.216. The van der Waals surface area contributed by atoms with Gasteiger partial charge in [0.05, 0.1) is 0 Å². The summed E-state index contributed by atoms with van der Waals surface area (Å²) in [7, 11) is 0.